The van der Waals surface area contributed by atoms with Crippen LogP contribution in [0.4, 0.5) is 20.2 Å². The van der Waals surface area contributed by atoms with Crippen LogP contribution in [0.2, 0.25) is 5.02 Å². The van der Waals surface area contributed by atoms with Gasteiger partial charge in [-0.25, -0.2) is 8.78 Å². The number of rotatable bonds is 3. The molecule has 0 aliphatic heterocycles. The standard InChI is InChI=1S/C14H11ClF2N2O2/c1-21-11-4-2-3-10(18)12(11)14(20)19-13-8(15)5-7(16)6-9(13)17/h2-6H,18H2,1H3,(H,19,20). The summed E-state index contributed by atoms with van der Waals surface area (Å²) in [6.45, 7) is 0. The van der Waals surface area contributed by atoms with Gasteiger partial charge in [-0.3, -0.25) is 4.79 Å². The number of methoxy groups -OCH3 is 1. The summed E-state index contributed by atoms with van der Waals surface area (Å²) in [5, 5.41) is 2.01. The second-order valence-corrected chi connectivity index (χ2v) is 4.53. The molecular formula is C14H11ClF2N2O2. The van der Waals surface area contributed by atoms with Crippen molar-refractivity contribution in [1.82, 2.24) is 0 Å². The molecule has 0 saturated heterocycles. The van der Waals surface area contributed by atoms with Crippen molar-refractivity contribution in [3.8, 4) is 5.75 Å². The van der Waals surface area contributed by atoms with Crippen molar-refractivity contribution in [2.24, 2.45) is 0 Å². The molecule has 0 aromatic heterocycles. The average Bonchev–Trinajstić information content (AvgIpc) is 2.42. The van der Waals surface area contributed by atoms with Crippen LogP contribution in [-0.2, 0) is 0 Å². The fraction of sp³-hybridized carbons (Fsp3) is 0.0714. The number of hydrogen-bond donors (Lipinski definition) is 2. The number of nitrogens with one attached hydrogen (secondary N) is 1. The molecule has 0 saturated carbocycles. The molecular weight excluding hydrogens is 302 g/mol. The van der Waals surface area contributed by atoms with E-state index in [-0.39, 0.29) is 27.7 Å². The van der Waals surface area contributed by atoms with Crippen molar-refractivity contribution in [2.75, 3.05) is 18.2 Å². The van der Waals surface area contributed by atoms with Gasteiger partial charge in [0.05, 0.1) is 17.8 Å². The number of carbonyl (C=O) groups excluding carboxylic acids is 1. The van der Waals surface area contributed by atoms with Gasteiger partial charge in [0.25, 0.3) is 5.91 Å². The zero-order valence-electron chi connectivity index (χ0n) is 10.9. The third kappa shape index (κ3) is 3.05. The number of carbonyl (C=O) groups is 1. The highest BCUT2D eigenvalue weighted by Gasteiger charge is 2.19. The van der Waals surface area contributed by atoms with Gasteiger partial charge in [0.1, 0.15) is 17.1 Å². The Labute approximate surface area is 124 Å². The summed E-state index contributed by atoms with van der Waals surface area (Å²) in [5.41, 5.74) is 5.60. The van der Waals surface area contributed by atoms with Crippen LogP contribution in [0.25, 0.3) is 0 Å². The summed E-state index contributed by atoms with van der Waals surface area (Å²) in [6.07, 6.45) is 0. The third-order valence-corrected chi connectivity index (χ3v) is 3.05. The van der Waals surface area contributed by atoms with Crippen molar-refractivity contribution < 1.29 is 18.3 Å². The summed E-state index contributed by atoms with van der Waals surface area (Å²) in [7, 11) is 1.37. The first-order valence-corrected chi connectivity index (χ1v) is 6.20. The lowest BCUT2D eigenvalue weighted by atomic mass is 10.1. The van der Waals surface area contributed by atoms with Crippen LogP contribution in [0, 0.1) is 11.6 Å². The van der Waals surface area contributed by atoms with E-state index in [2.05, 4.69) is 5.32 Å². The van der Waals surface area contributed by atoms with Gasteiger partial charge in [-0.2, -0.15) is 0 Å². The predicted octanol–water partition coefficient (Wildman–Crippen LogP) is 3.46. The highest BCUT2D eigenvalue weighted by molar-refractivity contribution is 6.34. The SMILES string of the molecule is COc1cccc(N)c1C(=O)Nc1c(F)cc(F)cc1Cl. The molecule has 0 fully saturated rings. The Bertz CT molecular complexity index is 684. The minimum absolute atomic E-state index is 0.0415. The maximum absolute atomic E-state index is 13.7. The number of ether oxygens (including phenoxy) is 1. The Morgan fingerprint density at radius 1 is 1.33 bits per heavy atom. The fourth-order valence-corrected chi connectivity index (χ4v) is 2.04. The topological polar surface area (TPSA) is 64.3 Å². The van der Waals surface area contributed by atoms with Gasteiger partial charge in [-0.1, -0.05) is 17.7 Å². The van der Waals surface area contributed by atoms with Crippen LogP contribution in [0.5, 0.6) is 5.75 Å². The van der Waals surface area contributed by atoms with Crippen molar-refractivity contribution in [1.29, 1.82) is 0 Å². The molecule has 2 aromatic rings. The molecule has 0 spiro atoms. The van der Waals surface area contributed by atoms with Crippen molar-refractivity contribution in [2.45, 2.75) is 0 Å². The van der Waals surface area contributed by atoms with Crippen LogP contribution < -0.4 is 15.8 Å². The van der Waals surface area contributed by atoms with Gasteiger partial charge < -0.3 is 15.8 Å². The summed E-state index contributed by atoms with van der Waals surface area (Å²) in [4.78, 5) is 12.2. The second-order valence-electron chi connectivity index (χ2n) is 4.12. The quantitative estimate of drug-likeness (QED) is 0.853. The molecule has 0 atom stereocenters. The fourth-order valence-electron chi connectivity index (χ4n) is 1.80. The van der Waals surface area contributed by atoms with E-state index in [1.54, 1.807) is 6.07 Å². The molecule has 0 heterocycles. The zero-order valence-corrected chi connectivity index (χ0v) is 11.7. The van der Waals surface area contributed by atoms with Gasteiger partial charge in [0.2, 0.25) is 0 Å². The number of nitrogens with two attached hydrogens (primary N) is 1. The molecule has 7 heteroatoms. The Morgan fingerprint density at radius 3 is 2.67 bits per heavy atom. The minimum Gasteiger partial charge on any atom is -0.496 e. The molecule has 0 radical (unpaired) electrons. The highest BCUT2D eigenvalue weighted by atomic mass is 35.5. The molecule has 21 heavy (non-hydrogen) atoms. The molecule has 1 amide bonds. The summed E-state index contributed by atoms with van der Waals surface area (Å²) in [6, 6.07) is 6.16. The lowest BCUT2D eigenvalue weighted by molar-refractivity contribution is 0.102. The maximum Gasteiger partial charge on any atom is 0.261 e. The third-order valence-electron chi connectivity index (χ3n) is 2.75. The lowest BCUT2D eigenvalue weighted by Crippen LogP contribution is -2.16. The zero-order chi connectivity index (χ0) is 15.6. The first kappa shape index (κ1) is 15.1. The molecule has 0 bridgehead atoms. The van der Waals surface area contributed by atoms with Gasteiger partial charge in [0, 0.05) is 11.8 Å². The van der Waals surface area contributed by atoms with E-state index in [9.17, 15) is 13.6 Å². The monoisotopic (exact) mass is 312 g/mol. The molecule has 4 nitrogen and oxygen atoms in total. The molecule has 3 N–H and O–H groups in total. The largest absolute Gasteiger partial charge is 0.496 e. The van der Waals surface area contributed by atoms with Crippen molar-refractivity contribution >= 4 is 28.9 Å². The smallest absolute Gasteiger partial charge is 0.261 e. The van der Waals surface area contributed by atoms with E-state index >= 15 is 0 Å². The van der Waals surface area contributed by atoms with E-state index in [0.717, 1.165) is 6.07 Å². The van der Waals surface area contributed by atoms with Gasteiger partial charge in [0.15, 0.2) is 5.82 Å². The molecule has 0 unspecified atom stereocenters. The first-order valence-electron chi connectivity index (χ1n) is 5.82. The van der Waals surface area contributed by atoms with Gasteiger partial charge in [-0.15, -0.1) is 0 Å². The van der Waals surface area contributed by atoms with Crippen LogP contribution in [0.15, 0.2) is 30.3 Å². The molecule has 0 aliphatic rings. The van der Waals surface area contributed by atoms with Crippen LogP contribution in [0.1, 0.15) is 10.4 Å². The number of amides is 1. The Kier molecular flexibility index (Phi) is 4.28. The predicted molar refractivity (Wildman–Crippen MR) is 76.7 cm³/mol. The molecule has 2 aromatic carbocycles. The first-order chi connectivity index (χ1) is 9.93. The van der Waals surface area contributed by atoms with Crippen LogP contribution in [0.3, 0.4) is 0 Å². The number of anilines is 2. The van der Waals surface area contributed by atoms with E-state index in [0.29, 0.717) is 6.07 Å². The second kappa shape index (κ2) is 5.97. The van der Waals surface area contributed by atoms with E-state index in [1.807, 2.05) is 0 Å². The van der Waals surface area contributed by atoms with Gasteiger partial charge in [-0.05, 0) is 18.2 Å². The summed E-state index contributed by atoms with van der Waals surface area (Å²) < 4.78 is 31.7. The number of nitrogen functional groups attached to an aromatic ring is 1. The molecule has 0 aliphatic carbocycles. The summed E-state index contributed by atoms with van der Waals surface area (Å²) >= 11 is 5.72. The van der Waals surface area contributed by atoms with Crippen molar-refractivity contribution in [3.63, 3.8) is 0 Å². The maximum atomic E-state index is 13.7. The van der Waals surface area contributed by atoms with E-state index < -0.39 is 17.5 Å². The van der Waals surface area contributed by atoms with Crippen molar-refractivity contribution in [3.05, 3.63) is 52.6 Å². The highest BCUT2D eigenvalue weighted by Crippen LogP contribution is 2.29. The number of hydrogen-bond acceptors (Lipinski definition) is 3. The van der Waals surface area contributed by atoms with Gasteiger partial charge >= 0.3 is 0 Å². The Balaban J connectivity index is 2.40. The normalized spacial score (nSPS) is 10.3. The average molecular weight is 313 g/mol. The molecule has 2 rings (SSSR count). The van der Waals surface area contributed by atoms with Crippen LogP contribution >= 0.6 is 11.6 Å². The van der Waals surface area contributed by atoms with Crippen LogP contribution in [-0.4, -0.2) is 13.0 Å². The number of benzene rings is 2. The Hall–Kier alpha value is -2.34. The Morgan fingerprint density at radius 2 is 2.05 bits per heavy atom. The summed E-state index contributed by atoms with van der Waals surface area (Å²) in [5.74, 6) is -2.31. The van der Waals surface area contributed by atoms with E-state index in [1.165, 1.54) is 19.2 Å². The molecule has 110 valence electrons. The van der Waals surface area contributed by atoms with E-state index in [4.69, 9.17) is 22.1 Å². The number of halogens is 3. The minimum atomic E-state index is -0.984. The lowest BCUT2D eigenvalue weighted by Gasteiger charge is -2.13.